The summed E-state index contributed by atoms with van der Waals surface area (Å²) in [5, 5.41) is 3.15. The molecule has 4 aromatic rings. The molecule has 0 fully saturated rings. The number of methoxy groups -OCH3 is 2. The molecule has 0 aliphatic carbocycles. The molecule has 0 amide bonds. The topological polar surface area (TPSA) is 90.6 Å². The Morgan fingerprint density at radius 3 is 2.59 bits per heavy atom. The van der Waals surface area contributed by atoms with Crippen LogP contribution in [0.1, 0.15) is 16.1 Å². The lowest BCUT2D eigenvalue weighted by atomic mass is 10.2. The lowest BCUT2D eigenvalue weighted by Crippen LogP contribution is -2.02. The Balaban J connectivity index is 1.65. The predicted octanol–water partition coefficient (Wildman–Crippen LogP) is 3.64. The van der Waals surface area contributed by atoms with Gasteiger partial charge in [0.2, 0.25) is 5.95 Å². The van der Waals surface area contributed by atoms with Crippen LogP contribution in [-0.2, 0) is 4.74 Å². The van der Waals surface area contributed by atoms with Gasteiger partial charge in [0.15, 0.2) is 0 Å². The van der Waals surface area contributed by atoms with Crippen molar-refractivity contribution in [2.75, 3.05) is 19.5 Å². The van der Waals surface area contributed by atoms with Crippen molar-refractivity contribution < 1.29 is 14.3 Å². The average Bonchev–Trinajstić information content (AvgIpc) is 3.08. The number of imidazole rings is 1. The number of nitrogens with one attached hydrogen (secondary N) is 1. The second-order valence-corrected chi connectivity index (χ2v) is 6.30. The van der Waals surface area contributed by atoms with Crippen molar-refractivity contribution in [2.45, 2.75) is 6.92 Å². The average molecular weight is 389 g/mol. The van der Waals surface area contributed by atoms with Crippen molar-refractivity contribution in [3.8, 4) is 17.1 Å². The van der Waals surface area contributed by atoms with Gasteiger partial charge >= 0.3 is 5.97 Å². The molecule has 3 heterocycles. The van der Waals surface area contributed by atoms with Crippen LogP contribution in [0, 0.1) is 6.92 Å². The molecule has 0 atom stereocenters. The van der Waals surface area contributed by atoms with E-state index in [1.54, 1.807) is 37.6 Å². The number of benzene rings is 1. The highest BCUT2D eigenvalue weighted by molar-refractivity contribution is 5.89. The number of nitrogens with zero attached hydrogens (tertiary/aromatic N) is 4. The van der Waals surface area contributed by atoms with Gasteiger partial charge in [0.05, 0.1) is 36.9 Å². The zero-order valence-corrected chi connectivity index (χ0v) is 16.2. The first-order chi connectivity index (χ1) is 14.1. The molecule has 8 nitrogen and oxygen atoms in total. The van der Waals surface area contributed by atoms with Crippen LogP contribution in [0.25, 0.3) is 17.0 Å². The van der Waals surface area contributed by atoms with E-state index in [9.17, 15) is 4.79 Å². The van der Waals surface area contributed by atoms with Crippen molar-refractivity contribution in [3.05, 3.63) is 66.1 Å². The lowest BCUT2D eigenvalue weighted by Gasteiger charge is -2.08. The molecule has 8 heteroatoms. The van der Waals surface area contributed by atoms with E-state index < -0.39 is 0 Å². The fourth-order valence-electron chi connectivity index (χ4n) is 3.07. The molecule has 0 unspecified atom stereocenters. The molecule has 0 bridgehead atoms. The minimum absolute atomic E-state index is 0.380. The van der Waals surface area contributed by atoms with Crippen LogP contribution >= 0.6 is 0 Å². The van der Waals surface area contributed by atoms with Crippen LogP contribution in [-0.4, -0.2) is 39.5 Å². The van der Waals surface area contributed by atoms with Gasteiger partial charge in [0.1, 0.15) is 11.4 Å². The highest BCUT2D eigenvalue weighted by atomic mass is 16.5. The lowest BCUT2D eigenvalue weighted by molar-refractivity contribution is 0.0601. The van der Waals surface area contributed by atoms with Gasteiger partial charge in [-0.05, 0) is 43.3 Å². The molecule has 0 aliphatic heterocycles. The van der Waals surface area contributed by atoms with Crippen molar-refractivity contribution in [1.29, 1.82) is 0 Å². The zero-order chi connectivity index (χ0) is 20.4. The highest BCUT2D eigenvalue weighted by Gasteiger charge is 2.14. The summed E-state index contributed by atoms with van der Waals surface area (Å²) in [5.41, 5.74) is 4.49. The van der Waals surface area contributed by atoms with Crippen molar-refractivity contribution >= 4 is 23.3 Å². The minimum atomic E-state index is -0.380. The monoisotopic (exact) mass is 389 g/mol. The summed E-state index contributed by atoms with van der Waals surface area (Å²) >= 11 is 0. The molecule has 4 rings (SSSR count). The summed E-state index contributed by atoms with van der Waals surface area (Å²) < 4.78 is 12.0. The maximum absolute atomic E-state index is 11.6. The number of carbonyl (C=O) groups excluding carboxylic acids is 1. The molecule has 0 spiro atoms. The fourth-order valence-corrected chi connectivity index (χ4v) is 3.07. The van der Waals surface area contributed by atoms with Gasteiger partial charge in [0.25, 0.3) is 0 Å². The minimum Gasteiger partial charge on any atom is -0.497 e. The Hall–Kier alpha value is -3.94. The second-order valence-electron chi connectivity index (χ2n) is 6.30. The molecule has 0 saturated heterocycles. The smallest absolute Gasteiger partial charge is 0.337 e. The van der Waals surface area contributed by atoms with Crippen LogP contribution in [0.5, 0.6) is 5.75 Å². The van der Waals surface area contributed by atoms with Crippen molar-refractivity contribution in [2.24, 2.45) is 0 Å². The Labute approximate surface area is 167 Å². The zero-order valence-electron chi connectivity index (χ0n) is 16.2. The molecule has 3 aromatic heterocycles. The number of ether oxygens (including phenoxy) is 2. The first-order valence-corrected chi connectivity index (χ1v) is 8.90. The Kier molecular flexibility index (Phi) is 4.82. The van der Waals surface area contributed by atoms with E-state index in [1.807, 2.05) is 35.7 Å². The summed E-state index contributed by atoms with van der Waals surface area (Å²) in [5.74, 6) is 0.806. The van der Waals surface area contributed by atoms with Crippen molar-refractivity contribution in [1.82, 2.24) is 19.4 Å². The van der Waals surface area contributed by atoms with Gasteiger partial charge in [-0.3, -0.25) is 4.40 Å². The van der Waals surface area contributed by atoms with E-state index in [4.69, 9.17) is 9.47 Å². The Morgan fingerprint density at radius 1 is 1.07 bits per heavy atom. The van der Waals surface area contributed by atoms with Gasteiger partial charge < -0.3 is 14.8 Å². The number of rotatable bonds is 5. The number of carbonyl (C=O) groups is 1. The molecule has 0 radical (unpaired) electrons. The number of esters is 1. The van der Waals surface area contributed by atoms with Gasteiger partial charge in [-0.25, -0.2) is 19.7 Å². The Bertz CT molecular complexity index is 1180. The molecule has 1 N–H and O–H groups in total. The second kappa shape index (κ2) is 7.59. The number of anilines is 2. The Morgan fingerprint density at radius 2 is 1.86 bits per heavy atom. The van der Waals surface area contributed by atoms with E-state index >= 15 is 0 Å². The van der Waals surface area contributed by atoms with E-state index in [1.165, 1.54) is 7.11 Å². The molecule has 0 saturated carbocycles. The van der Waals surface area contributed by atoms with Gasteiger partial charge in [0, 0.05) is 24.1 Å². The first-order valence-electron chi connectivity index (χ1n) is 8.90. The van der Waals surface area contributed by atoms with Crippen LogP contribution < -0.4 is 10.1 Å². The molecule has 0 aliphatic rings. The summed E-state index contributed by atoms with van der Waals surface area (Å²) in [6.07, 6.45) is 3.60. The third-order valence-electron chi connectivity index (χ3n) is 4.47. The van der Waals surface area contributed by atoms with Gasteiger partial charge in [-0.2, -0.15) is 0 Å². The summed E-state index contributed by atoms with van der Waals surface area (Å²) in [4.78, 5) is 25.1. The predicted molar refractivity (Wildman–Crippen MR) is 109 cm³/mol. The fraction of sp³-hybridized carbons (Fsp3) is 0.143. The quantitative estimate of drug-likeness (QED) is 0.521. The van der Waals surface area contributed by atoms with E-state index in [0.29, 0.717) is 11.5 Å². The molecule has 146 valence electrons. The van der Waals surface area contributed by atoms with Crippen LogP contribution in [0.2, 0.25) is 0 Å². The van der Waals surface area contributed by atoms with Crippen LogP contribution in [0.3, 0.4) is 0 Å². The van der Waals surface area contributed by atoms with E-state index in [2.05, 4.69) is 20.3 Å². The molecule has 1 aromatic carbocycles. The number of hydrogen-bond acceptors (Lipinski definition) is 7. The van der Waals surface area contributed by atoms with Gasteiger partial charge in [-0.15, -0.1) is 0 Å². The van der Waals surface area contributed by atoms with Crippen molar-refractivity contribution in [3.63, 3.8) is 0 Å². The number of hydrogen-bond donors (Lipinski definition) is 1. The van der Waals surface area contributed by atoms with Gasteiger partial charge in [-0.1, -0.05) is 0 Å². The maximum Gasteiger partial charge on any atom is 0.337 e. The summed E-state index contributed by atoms with van der Waals surface area (Å²) in [7, 11) is 2.98. The standard InChI is InChI=1S/C21H19N5O3/c1-13-19(26-11-9-16(28-2)12-18(26)23-13)17-8-10-22-21(25-17)24-15-6-4-14(5-7-15)20(27)29-3/h4-12H,1-3H3,(H,22,24,25). The number of pyridine rings is 1. The van der Waals surface area contributed by atoms with E-state index in [0.717, 1.165) is 34.2 Å². The maximum atomic E-state index is 11.6. The van der Waals surface area contributed by atoms with Crippen LogP contribution in [0.4, 0.5) is 11.6 Å². The molecular formula is C21H19N5O3. The first kappa shape index (κ1) is 18.4. The largest absolute Gasteiger partial charge is 0.497 e. The molecular weight excluding hydrogens is 370 g/mol. The highest BCUT2D eigenvalue weighted by Crippen LogP contribution is 2.26. The summed E-state index contributed by atoms with van der Waals surface area (Å²) in [6, 6.07) is 12.5. The number of aryl methyl sites for hydroxylation is 1. The summed E-state index contributed by atoms with van der Waals surface area (Å²) in [6.45, 7) is 1.94. The number of fused-ring (bicyclic) bond motifs is 1. The SMILES string of the molecule is COC(=O)c1ccc(Nc2nccc(-c3c(C)nc4cc(OC)ccn34)n2)cc1. The van der Waals surface area contributed by atoms with E-state index in [-0.39, 0.29) is 5.97 Å². The van der Waals surface area contributed by atoms with Crippen LogP contribution in [0.15, 0.2) is 54.9 Å². The number of aromatic nitrogens is 4. The third-order valence-corrected chi connectivity index (χ3v) is 4.47. The normalized spacial score (nSPS) is 10.7. The third kappa shape index (κ3) is 3.60. The molecule has 29 heavy (non-hydrogen) atoms.